The molecule has 1 aromatic rings. The number of benzene rings is 1. The normalized spacial score (nSPS) is 10.9. The van der Waals surface area contributed by atoms with E-state index in [-0.39, 0.29) is 11.3 Å². The van der Waals surface area contributed by atoms with Gasteiger partial charge in [-0.3, -0.25) is 10.1 Å². The largest absolute Gasteiger partial charge is 0.478 e. The molecule has 0 heterocycles. The maximum Gasteiger partial charge on any atom is 0.328 e. The van der Waals surface area contributed by atoms with Crippen molar-refractivity contribution in [2.24, 2.45) is 0 Å². The Hall–Kier alpha value is -2.96. The number of carboxylic acid groups (broad SMARTS) is 2. The number of nitrogens with zero attached hydrogens (tertiary/aromatic N) is 1. The van der Waals surface area contributed by atoms with E-state index >= 15 is 0 Å². The topological polar surface area (TPSA) is 118 Å². The Morgan fingerprint density at radius 2 is 1.68 bits per heavy atom. The summed E-state index contributed by atoms with van der Waals surface area (Å²) in [4.78, 5) is 30.9. The third kappa shape index (κ3) is 4.43. The summed E-state index contributed by atoms with van der Waals surface area (Å²) in [6, 6.07) is 3.97. The Bertz CT molecular complexity index is 588. The Morgan fingerprint density at radius 1 is 1.11 bits per heavy atom. The molecule has 0 radical (unpaired) electrons. The van der Waals surface area contributed by atoms with E-state index in [4.69, 9.17) is 10.2 Å². The zero-order valence-electron chi connectivity index (χ0n) is 9.52. The molecule has 0 amide bonds. The van der Waals surface area contributed by atoms with E-state index in [0.717, 1.165) is 18.2 Å². The molecule has 0 aliphatic rings. The number of carboxylic acids is 2. The molecular weight excluding hydrogens is 254 g/mol. The maximum atomic E-state index is 10.8. The Morgan fingerprint density at radius 3 is 2.21 bits per heavy atom. The number of carbonyl (C=O) groups is 2. The number of nitro groups is 1. The molecule has 0 spiro atoms. The monoisotopic (exact) mass is 263 g/mol. The number of aliphatic carboxylic acids is 2. The molecule has 1 rings (SSSR count). The standard InChI is InChI=1S/C12H9NO6/c14-11(15)5-2-8-1-3-9(4-6-12(16)17)10(7-8)13(18)19/h1-7H,(H,14,15)(H,16,17)/b5-2+,6-4+. The van der Waals surface area contributed by atoms with Crippen LogP contribution >= 0.6 is 0 Å². The van der Waals surface area contributed by atoms with Crippen molar-refractivity contribution >= 4 is 29.8 Å². The minimum absolute atomic E-state index is 0.125. The summed E-state index contributed by atoms with van der Waals surface area (Å²) in [5.74, 6) is -2.39. The quantitative estimate of drug-likeness (QED) is 0.475. The van der Waals surface area contributed by atoms with Gasteiger partial charge in [0, 0.05) is 18.2 Å². The van der Waals surface area contributed by atoms with Gasteiger partial charge in [0.15, 0.2) is 0 Å². The SMILES string of the molecule is O=C(O)/C=C/c1ccc(/C=C/C(=O)O)c([N+](=O)[O-])c1. The van der Waals surface area contributed by atoms with Gasteiger partial charge in [-0.25, -0.2) is 9.59 Å². The molecule has 0 aliphatic heterocycles. The van der Waals surface area contributed by atoms with Gasteiger partial charge in [0.2, 0.25) is 0 Å². The Labute approximate surface area is 107 Å². The molecule has 1 aromatic carbocycles. The van der Waals surface area contributed by atoms with E-state index in [1.54, 1.807) is 0 Å². The van der Waals surface area contributed by atoms with Crippen LogP contribution in [0.3, 0.4) is 0 Å². The zero-order valence-corrected chi connectivity index (χ0v) is 9.52. The third-order valence-corrected chi connectivity index (χ3v) is 2.08. The molecule has 2 N–H and O–H groups in total. The number of hydrogen-bond donors (Lipinski definition) is 2. The lowest BCUT2D eigenvalue weighted by Gasteiger charge is -1.99. The highest BCUT2D eigenvalue weighted by Crippen LogP contribution is 2.22. The van der Waals surface area contributed by atoms with E-state index in [0.29, 0.717) is 5.56 Å². The van der Waals surface area contributed by atoms with Gasteiger partial charge >= 0.3 is 11.9 Å². The van der Waals surface area contributed by atoms with Crippen molar-refractivity contribution in [1.82, 2.24) is 0 Å². The van der Waals surface area contributed by atoms with Crippen molar-refractivity contribution in [3.8, 4) is 0 Å². The summed E-state index contributed by atoms with van der Waals surface area (Å²) in [7, 11) is 0. The van der Waals surface area contributed by atoms with E-state index in [1.807, 2.05) is 0 Å². The van der Waals surface area contributed by atoms with Gasteiger partial charge in [0.1, 0.15) is 0 Å². The van der Waals surface area contributed by atoms with Crippen molar-refractivity contribution in [2.75, 3.05) is 0 Å². The first-order valence-corrected chi connectivity index (χ1v) is 5.00. The van der Waals surface area contributed by atoms with E-state index < -0.39 is 16.9 Å². The molecule has 0 fully saturated rings. The van der Waals surface area contributed by atoms with Crippen LogP contribution in [0.5, 0.6) is 0 Å². The van der Waals surface area contributed by atoms with Crippen LogP contribution in [-0.4, -0.2) is 27.1 Å². The number of rotatable bonds is 5. The highest BCUT2D eigenvalue weighted by molar-refractivity contribution is 5.87. The minimum atomic E-state index is -1.22. The number of hydrogen-bond acceptors (Lipinski definition) is 4. The lowest BCUT2D eigenvalue weighted by atomic mass is 10.1. The van der Waals surface area contributed by atoms with Crippen LogP contribution in [0.25, 0.3) is 12.2 Å². The van der Waals surface area contributed by atoms with Crippen LogP contribution in [0, 0.1) is 10.1 Å². The van der Waals surface area contributed by atoms with Crippen molar-refractivity contribution in [3.05, 3.63) is 51.6 Å². The first kappa shape index (κ1) is 14.1. The molecule has 0 saturated heterocycles. The van der Waals surface area contributed by atoms with Gasteiger partial charge in [-0.15, -0.1) is 0 Å². The van der Waals surface area contributed by atoms with Crippen molar-refractivity contribution < 1.29 is 24.7 Å². The van der Waals surface area contributed by atoms with E-state index in [9.17, 15) is 19.7 Å². The van der Waals surface area contributed by atoms with Gasteiger partial charge in [-0.05, 0) is 23.8 Å². The Kier molecular flexibility index (Phi) is 4.53. The lowest BCUT2D eigenvalue weighted by molar-refractivity contribution is -0.385. The van der Waals surface area contributed by atoms with E-state index in [1.165, 1.54) is 24.3 Å². The first-order valence-electron chi connectivity index (χ1n) is 5.00. The summed E-state index contributed by atoms with van der Waals surface area (Å²) in [6.45, 7) is 0. The lowest BCUT2D eigenvalue weighted by Crippen LogP contribution is -1.94. The van der Waals surface area contributed by atoms with E-state index in [2.05, 4.69) is 0 Å². The van der Waals surface area contributed by atoms with Crippen LogP contribution in [0.4, 0.5) is 5.69 Å². The Balaban J connectivity index is 3.18. The second kappa shape index (κ2) is 6.10. The van der Waals surface area contributed by atoms with Gasteiger partial charge in [0.05, 0.1) is 10.5 Å². The zero-order chi connectivity index (χ0) is 14.4. The predicted octanol–water partition coefficient (Wildman–Crippen LogP) is 1.79. The fraction of sp³-hybridized carbons (Fsp3) is 0. The van der Waals surface area contributed by atoms with Gasteiger partial charge < -0.3 is 10.2 Å². The van der Waals surface area contributed by atoms with Gasteiger partial charge in [-0.1, -0.05) is 6.07 Å². The predicted molar refractivity (Wildman–Crippen MR) is 66.4 cm³/mol. The average Bonchev–Trinajstić information content (AvgIpc) is 2.33. The van der Waals surface area contributed by atoms with Gasteiger partial charge in [0.25, 0.3) is 5.69 Å². The summed E-state index contributed by atoms with van der Waals surface area (Å²) < 4.78 is 0. The fourth-order valence-corrected chi connectivity index (χ4v) is 1.29. The molecule has 7 nitrogen and oxygen atoms in total. The molecule has 0 atom stereocenters. The first-order chi connectivity index (χ1) is 8.90. The van der Waals surface area contributed by atoms with Crippen LogP contribution in [0.15, 0.2) is 30.4 Å². The van der Waals surface area contributed by atoms with Crippen molar-refractivity contribution in [1.29, 1.82) is 0 Å². The summed E-state index contributed by atoms with van der Waals surface area (Å²) in [6.07, 6.45) is 3.95. The average molecular weight is 263 g/mol. The second-order valence-corrected chi connectivity index (χ2v) is 3.42. The molecule has 7 heteroatoms. The van der Waals surface area contributed by atoms with Crippen LogP contribution in [-0.2, 0) is 9.59 Å². The van der Waals surface area contributed by atoms with Crippen LogP contribution < -0.4 is 0 Å². The molecule has 0 saturated carbocycles. The van der Waals surface area contributed by atoms with Gasteiger partial charge in [-0.2, -0.15) is 0 Å². The maximum absolute atomic E-state index is 10.8. The van der Waals surface area contributed by atoms with Crippen LogP contribution in [0.1, 0.15) is 11.1 Å². The molecule has 19 heavy (non-hydrogen) atoms. The summed E-state index contributed by atoms with van der Waals surface area (Å²) in [5, 5.41) is 27.8. The van der Waals surface area contributed by atoms with Crippen molar-refractivity contribution in [2.45, 2.75) is 0 Å². The molecule has 98 valence electrons. The van der Waals surface area contributed by atoms with Crippen LogP contribution in [0.2, 0.25) is 0 Å². The minimum Gasteiger partial charge on any atom is -0.478 e. The molecule has 0 bridgehead atoms. The fourth-order valence-electron chi connectivity index (χ4n) is 1.29. The highest BCUT2D eigenvalue weighted by Gasteiger charge is 2.12. The second-order valence-electron chi connectivity index (χ2n) is 3.42. The summed E-state index contributed by atoms with van der Waals surface area (Å²) >= 11 is 0. The molecule has 0 aliphatic carbocycles. The molecule has 0 aromatic heterocycles. The summed E-state index contributed by atoms with van der Waals surface area (Å²) in [5.41, 5.74) is 0.159. The molecular formula is C12H9NO6. The highest BCUT2D eigenvalue weighted by atomic mass is 16.6. The smallest absolute Gasteiger partial charge is 0.328 e. The number of nitro benzene ring substituents is 1. The molecule has 0 unspecified atom stereocenters. The third-order valence-electron chi connectivity index (χ3n) is 2.08. The van der Waals surface area contributed by atoms with Crippen molar-refractivity contribution in [3.63, 3.8) is 0 Å².